The van der Waals surface area contributed by atoms with Gasteiger partial charge in [-0.2, -0.15) is 0 Å². The number of primary amides is 1. The normalized spacial score (nSPS) is 41.0. The Hall–Kier alpha value is -1.84. The van der Waals surface area contributed by atoms with E-state index in [2.05, 4.69) is 37.3 Å². The van der Waals surface area contributed by atoms with Crippen molar-refractivity contribution in [3.63, 3.8) is 0 Å². The van der Waals surface area contributed by atoms with Crippen LogP contribution in [0.25, 0.3) is 0 Å². The number of likely N-dealkylation sites (tertiary alicyclic amines) is 1. The number of nitrogens with two attached hydrogens (primary N) is 1. The highest BCUT2D eigenvalue weighted by atomic mass is 16.2. The van der Waals surface area contributed by atoms with Crippen molar-refractivity contribution in [3.8, 4) is 0 Å². The van der Waals surface area contributed by atoms with Crippen LogP contribution in [0.5, 0.6) is 0 Å². The Morgan fingerprint density at radius 1 is 1.07 bits per heavy atom. The molecule has 5 fully saturated rings. The molecule has 5 aliphatic rings. The molecule has 0 aromatic heterocycles. The van der Waals surface area contributed by atoms with E-state index in [0.29, 0.717) is 24.8 Å². The van der Waals surface area contributed by atoms with Crippen LogP contribution in [-0.2, 0) is 16.0 Å². The maximum atomic E-state index is 13.3. The first kappa shape index (κ1) is 18.2. The van der Waals surface area contributed by atoms with Gasteiger partial charge in [0.25, 0.3) is 0 Å². The molecule has 1 aliphatic heterocycles. The van der Waals surface area contributed by atoms with Crippen LogP contribution in [0.3, 0.4) is 0 Å². The standard InChI is InChI=1S/C24H32N2O2/c1-15-17-9-19-11-18(15)12-20(10-17)24(19,13-16-5-3-2-4-6-16)14-22(27)26-8-7-21(26)23(25)28/h2-6,15,17-21H,7-14H2,1H3,(H2,25,28)/t15?,17?,18?,19?,20?,21-,24?/m1/s1. The lowest BCUT2D eigenvalue weighted by atomic mass is 9.41. The van der Waals surface area contributed by atoms with Crippen molar-refractivity contribution >= 4 is 11.8 Å². The lowest BCUT2D eigenvalue weighted by Crippen LogP contribution is -2.61. The minimum absolute atomic E-state index is 0.0589. The minimum Gasteiger partial charge on any atom is -0.368 e. The summed E-state index contributed by atoms with van der Waals surface area (Å²) >= 11 is 0. The molecular weight excluding hydrogens is 348 g/mol. The summed E-state index contributed by atoms with van der Waals surface area (Å²) in [4.78, 5) is 26.7. The van der Waals surface area contributed by atoms with E-state index in [0.717, 1.165) is 30.6 Å². The second-order valence-electron chi connectivity index (χ2n) is 10.1. The summed E-state index contributed by atoms with van der Waals surface area (Å²) in [6.07, 6.45) is 7.45. The molecule has 1 aromatic carbocycles. The molecule has 1 aromatic rings. The third-order valence-electron chi connectivity index (χ3n) is 8.99. The zero-order valence-electron chi connectivity index (χ0n) is 16.8. The van der Waals surface area contributed by atoms with Crippen LogP contribution in [0, 0.1) is 35.0 Å². The van der Waals surface area contributed by atoms with Gasteiger partial charge >= 0.3 is 0 Å². The van der Waals surface area contributed by atoms with Crippen molar-refractivity contribution in [1.29, 1.82) is 0 Å². The zero-order chi connectivity index (χ0) is 19.5. The summed E-state index contributed by atoms with van der Waals surface area (Å²) < 4.78 is 0. The Bertz CT molecular complexity index is 744. The van der Waals surface area contributed by atoms with Crippen LogP contribution in [-0.4, -0.2) is 29.3 Å². The molecule has 28 heavy (non-hydrogen) atoms. The van der Waals surface area contributed by atoms with Crippen LogP contribution in [0.2, 0.25) is 0 Å². The molecule has 1 heterocycles. The molecule has 0 radical (unpaired) electrons. The summed E-state index contributed by atoms with van der Waals surface area (Å²) in [5.74, 6) is 3.65. The van der Waals surface area contributed by atoms with Gasteiger partial charge in [0.05, 0.1) is 0 Å². The van der Waals surface area contributed by atoms with Gasteiger partial charge in [0.1, 0.15) is 6.04 Å². The molecule has 1 atom stereocenters. The first-order chi connectivity index (χ1) is 13.5. The number of hydrogen-bond acceptors (Lipinski definition) is 2. The predicted molar refractivity (Wildman–Crippen MR) is 108 cm³/mol. The van der Waals surface area contributed by atoms with Crippen LogP contribution in [0.15, 0.2) is 30.3 Å². The maximum absolute atomic E-state index is 13.3. The Kier molecular flexibility index (Phi) is 4.29. The molecule has 0 spiro atoms. The first-order valence-corrected chi connectivity index (χ1v) is 11.1. The van der Waals surface area contributed by atoms with Crippen LogP contribution < -0.4 is 5.73 Å². The fraction of sp³-hybridized carbons (Fsp3) is 0.667. The van der Waals surface area contributed by atoms with Crippen LogP contribution in [0.1, 0.15) is 51.0 Å². The Labute approximate surface area is 167 Å². The Balaban J connectivity index is 1.45. The molecule has 1 saturated heterocycles. The second kappa shape index (κ2) is 6.60. The van der Waals surface area contributed by atoms with Gasteiger partial charge in [0.15, 0.2) is 0 Å². The van der Waals surface area contributed by atoms with Crippen molar-refractivity contribution in [2.24, 2.45) is 40.7 Å². The molecule has 6 rings (SSSR count). The second-order valence-corrected chi connectivity index (χ2v) is 10.1. The molecule has 4 aliphatic carbocycles. The lowest BCUT2D eigenvalue weighted by molar-refractivity contribution is -0.165. The van der Waals surface area contributed by atoms with E-state index in [9.17, 15) is 9.59 Å². The molecule has 4 nitrogen and oxygen atoms in total. The summed E-state index contributed by atoms with van der Waals surface area (Å²) in [6.45, 7) is 3.14. The maximum Gasteiger partial charge on any atom is 0.240 e. The lowest BCUT2D eigenvalue weighted by Gasteiger charge is -2.64. The van der Waals surface area contributed by atoms with E-state index in [1.165, 1.54) is 31.2 Å². The number of carbonyl (C=O) groups excluding carboxylic acids is 2. The largest absolute Gasteiger partial charge is 0.368 e. The molecule has 4 heteroatoms. The molecule has 4 bridgehead atoms. The average molecular weight is 381 g/mol. The van der Waals surface area contributed by atoms with E-state index < -0.39 is 0 Å². The molecule has 0 unspecified atom stereocenters. The SMILES string of the molecule is CC1C2CC3CC1CC(C2)C3(CC(=O)N1CC[C@@H]1C(N)=O)Cc1ccccc1. The van der Waals surface area contributed by atoms with Gasteiger partial charge in [-0.05, 0) is 79.1 Å². The van der Waals surface area contributed by atoms with Gasteiger partial charge in [0.2, 0.25) is 11.8 Å². The van der Waals surface area contributed by atoms with Gasteiger partial charge in [-0.1, -0.05) is 37.3 Å². The zero-order valence-corrected chi connectivity index (χ0v) is 16.8. The number of hydrogen-bond donors (Lipinski definition) is 1. The van der Waals surface area contributed by atoms with Crippen LogP contribution in [0.4, 0.5) is 0 Å². The number of carbonyl (C=O) groups is 2. The van der Waals surface area contributed by atoms with E-state index in [4.69, 9.17) is 5.73 Å². The summed E-state index contributed by atoms with van der Waals surface area (Å²) in [7, 11) is 0. The number of amides is 2. The highest BCUT2D eigenvalue weighted by Crippen LogP contribution is 2.66. The van der Waals surface area contributed by atoms with Crippen molar-refractivity contribution in [3.05, 3.63) is 35.9 Å². The van der Waals surface area contributed by atoms with E-state index in [1.54, 1.807) is 4.90 Å². The van der Waals surface area contributed by atoms with Crippen molar-refractivity contribution in [2.45, 2.75) is 57.9 Å². The number of benzene rings is 1. The first-order valence-electron chi connectivity index (χ1n) is 11.1. The third kappa shape index (κ3) is 2.71. The summed E-state index contributed by atoms with van der Waals surface area (Å²) in [5, 5.41) is 0. The van der Waals surface area contributed by atoms with Gasteiger partial charge in [-0.3, -0.25) is 9.59 Å². The highest BCUT2D eigenvalue weighted by Gasteiger charge is 2.60. The van der Waals surface area contributed by atoms with Gasteiger partial charge < -0.3 is 10.6 Å². The monoisotopic (exact) mass is 380 g/mol. The Morgan fingerprint density at radius 2 is 1.68 bits per heavy atom. The topological polar surface area (TPSA) is 63.4 Å². The fourth-order valence-corrected chi connectivity index (χ4v) is 7.34. The summed E-state index contributed by atoms with van der Waals surface area (Å²) in [5.41, 5.74) is 6.93. The van der Waals surface area contributed by atoms with E-state index in [-0.39, 0.29) is 23.3 Å². The minimum atomic E-state index is -0.377. The quantitative estimate of drug-likeness (QED) is 0.851. The van der Waals surface area contributed by atoms with E-state index in [1.807, 2.05) is 0 Å². The number of rotatable bonds is 5. The molecule has 2 N–H and O–H groups in total. The van der Waals surface area contributed by atoms with Crippen LogP contribution >= 0.6 is 0 Å². The number of nitrogens with zero attached hydrogens (tertiary/aromatic N) is 1. The average Bonchev–Trinajstić information content (AvgIpc) is 2.59. The Morgan fingerprint density at radius 3 is 2.18 bits per heavy atom. The smallest absolute Gasteiger partial charge is 0.240 e. The molecule has 4 saturated carbocycles. The fourth-order valence-electron chi connectivity index (χ4n) is 7.34. The van der Waals surface area contributed by atoms with Crippen molar-refractivity contribution in [2.75, 3.05) is 6.54 Å². The third-order valence-corrected chi connectivity index (χ3v) is 8.99. The molecule has 2 amide bonds. The van der Waals surface area contributed by atoms with Crippen molar-refractivity contribution in [1.82, 2.24) is 4.90 Å². The van der Waals surface area contributed by atoms with E-state index >= 15 is 0 Å². The van der Waals surface area contributed by atoms with Gasteiger partial charge in [-0.15, -0.1) is 0 Å². The molecular formula is C24H32N2O2. The highest BCUT2D eigenvalue weighted by molar-refractivity contribution is 5.88. The van der Waals surface area contributed by atoms with Gasteiger partial charge in [-0.25, -0.2) is 0 Å². The van der Waals surface area contributed by atoms with Crippen molar-refractivity contribution < 1.29 is 9.59 Å². The van der Waals surface area contributed by atoms with Gasteiger partial charge in [0, 0.05) is 13.0 Å². The predicted octanol–water partition coefficient (Wildman–Crippen LogP) is 3.39. The molecule has 150 valence electrons. The summed E-state index contributed by atoms with van der Waals surface area (Å²) in [6, 6.07) is 10.4.